The van der Waals surface area contributed by atoms with Crippen molar-refractivity contribution >= 4 is 38.5 Å². The monoisotopic (exact) mass is 395 g/mol. The summed E-state index contributed by atoms with van der Waals surface area (Å²) < 4.78 is 27.3. The van der Waals surface area contributed by atoms with E-state index in [2.05, 4.69) is 11.3 Å². The van der Waals surface area contributed by atoms with Gasteiger partial charge in [0, 0.05) is 17.0 Å². The van der Waals surface area contributed by atoms with Gasteiger partial charge in [0.05, 0.1) is 44.2 Å². The first-order chi connectivity index (χ1) is 12.5. The molecule has 1 aromatic carbocycles. The van der Waals surface area contributed by atoms with E-state index in [1.807, 2.05) is 28.0 Å². The lowest BCUT2D eigenvalue weighted by Crippen LogP contribution is -3.14. The highest BCUT2D eigenvalue weighted by Crippen LogP contribution is 2.42. The van der Waals surface area contributed by atoms with E-state index in [0.717, 1.165) is 36.8 Å². The van der Waals surface area contributed by atoms with Crippen LogP contribution < -0.4 is 9.80 Å². The van der Waals surface area contributed by atoms with Crippen LogP contribution in [-0.4, -0.2) is 69.4 Å². The van der Waals surface area contributed by atoms with Crippen molar-refractivity contribution < 1.29 is 18.1 Å². The molecule has 0 unspecified atom stereocenters. The van der Waals surface area contributed by atoms with Crippen LogP contribution in [0.3, 0.4) is 0 Å². The molecule has 1 saturated heterocycles. The molecule has 1 fully saturated rings. The lowest BCUT2D eigenvalue weighted by molar-refractivity contribution is -0.904. The van der Waals surface area contributed by atoms with E-state index in [0.29, 0.717) is 17.3 Å². The van der Waals surface area contributed by atoms with Gasteiger partial charge in [0.15, 0.2) is 5.17 Å². The lowest BCUT2D eigenvalue weighted by Gasteiger charge is -2.32. The maximum absolute atomic E-state index is 12.8. The number of sulfonamides is 1. The first-order valence-corrected chi connectivity index (χ1v) is 11.4. The number of quaternary nitrogens is 1. The third-order valence-electron chi connectivity index (χ3n) is 5.08. The largest absolute Gasteiger partial charge is 0.332 e. The summed E-state index contributed by atoms with van der Waals surface area (Å²) in [7, 11) is -3.36. The standard InChI is InChI=1S/C17H22N4O3S2/c1-2-5-19-6-8-20(9-7-19)16(22)13-3-4-14-15(12-13)25-17-18-26(23,24)11-10-21(14)17/h3-4,12H,2,5-11H2,1H3/p+1. The van der Waals surface area contributed by atoms with E-state index < -0.39 is 10.0 Å². The Hall–Kier alpha value is -1.58. The summed E-state index contributed by atoms with van der Waals surface area (Å²) in [5.41, 5.74) is 1.61. The van der Waals surface area contributed by atoms with Crippen molar-refractivity contribution in [2.75, 3.05) is 49.9 Å². The molecule has 7 nitrogen and oxygen atoms in total. The van der Waals surface area contributed by atoms with Gasteiger partial charge in [-0.15, -0.1) is 4.40 Å². The fraction of sp³-hybridized carbons (Fsp3) is 0.529. The molecule has 0 aliphatic carbocycles. The van der Waals surface area contributed by atoms with Gasteiger partial charge < -0.3 is 14.7 Å². The fourth-order valence-electron chi connectivity index (χ4n) is 3.68. The molecule has 9 heteroatoms. The van der Waals surface area contributed by atoms with Gasteiger partial charge in [0.1, 0.15) is 0 Å². The Kier molecular flexibility index (Phi) is 4.70. The van der Waals surface area contributed by atoms with Gasteiger partial charge in [-0.2, -0.15) is 0 Å². The number of amides is 1. The minimum atomic E-state index is -3.36. The van der Waals surface area contributed by atoms with Gasteiger partial charge in [0.25, 0.3) is 15.9 Å². The number of nitrogens with one attached hydrogen (secondary N) is 1. The minimum Gasteiger partial charge on any atom is -0.332 e. The van der Waals surface area contributed by atoms with E-state index in [1.165, 1.54) is 24.7 Å². The number of carbonyl (C=O) groups excluding carboxylic acids is 1. The average Bonchev–Trinajstić information content (AvgIpc) is 2.97. The Balaban J connectivity index is 1.50. The Morgan fingerprint density at radius 1 is 1.27 bits per heavy atom. The molecule has 1 amide bonds. The number of hydrogen-bond donors (Lipinski definition) is 1. The first kappa shape index (κ1) is 17.8. The van der Waals surface area contributed by atoms with Crippen LogP contribution in [0.15, 0.2) is 27.5 Å². The summed E-state index contributed by atoms with van der Waals surface area (Å²) in [5, 5.41) is 0.493. The van der Waals surface area contributed by atoms with E-state index in [9.17, 15) is 13.2 Å². The second-order valence-corrected chi connectivity index (χ2v) is 9.65. The summed E-state index contributed by atoms with van der Waals surface area (Å²) >= 11 is 1.33. The second kappa shape index (κ2) is 6.86. The highest BCUT2D eigenvalue weighted by Gasteiger charge is 2.34. The van der Waals surface area contributed by atoms with E-state index in [1.54, 1.807) is 4.90 Å². The number of carbonyl (C=O) groups is 1. The van der Waals surface area contributed by atoms with Gasteiger partial charge in [-0.1, -0.05) is 6.92 Å². The predicted octanol–water partition coefficient (Wildman–Crippen LogP) is 0.0488. The van der Waals surface area contributed by atoms with Crippen molar-refractivity contribution in [2.45, 2.75) is 18.2 Å². The summed E-state index contributed by atoms with van der Waals surface area (Å²) in [6.07, 6.45) is 1.17. The molecule has 0 aromatic heterocycles. The maximum Gasteiger partial charge on any atom is 0.257 e. The van der Waals surface area contributed by atoms with Crippen LogP contribution >= 0.6 is 11.8 Å². The topological polar surface area (TPSA) is 74.5 Å². The second-order valence-electron chi connectivity index (χ2n) is 6.89. The first-order valence-electron chi connectivity index (χ1n) is 9.02. The lowest BCUT2D eigenvalue weighted by atomic mass is 10.1. The van der Waals surface area contributed by atoms with Crippen LogP contribution in [0, 0.1) is 0 Å². The van der Waals surface area contributed by atoms with Gasteiger partial charge in [0.2, 0.25) is 0 Å². The zero-order chi connectivity index (χ0) is 18.3. The van der Waals surface area contributed by atoms with Crippen molar-refractivity contribution in [3.8, 4) is 0 Å². The quantitative estimate of drug-likeness (QED) is 0.783. The molecule has 4 rings (SSSR count). The van der Waals surface area contributed by atoms with Crippen molar-refractivity contribution in [3.63, 3.8) is 0 Å². The van der Waals surface area contributed by atoms with Crippen molar-refractivity contribution in [1.82, 2.24) is 4.90 Å². The van der Waals surface area contributed by atoms with Crippen molar-refractivity contribution in [3.05, 3.63) is 23.8 Å². The molecule has 0 radical (unpaired) electrons. The molecule has 3 aliphatic heterocycles. The molecule has 0 atom stereocenters. The number of fused-ring (bicyclic) bond motifs is 3. The van der Waals surface area contributed by atoms with Gasteiger partial charge in [-0.3, -0.25) is 4.79 Å². The smallest absolute Gasteiger partial charge is 0.257 e. The molecule has 1 N–H and O–H groups in total. The Morgan fingerprint density at radius 3 is 2.77 bits per heavy atom. The summed E-state index contributed by atoms with van der Waals surface area (Å²) in [6.45, 7) is 7.35. The van der Waals surface area contributed by atoms with E-state index in [-0.39, 0.29) is 11.7 Å². The molecule has 140 valence electrons. The highest BCUT2D eigenvalue weighted by atomic mass is 32.2. The summed E-state index contributed by atoms with van der Waals surface area (Å²) in [4.78, 5) is 19.2. The van der Waals surface area contributed by atoms with E-state index >= 15 is 0 Å². The maximum atomic E-state index is 12.8. The summed E-state index contributed by atoms with van der Waals surface area (Å²) in [6, 6.07) is 5.63. The molecular formula is C17H23N4O3S2+. The van der Waals surface area contributed by atoms with Gasteiger partial charge in [-0.05, 0) is 36.4 Å². The number of rotatable bonds is 3. The Morgan fingerprint density at radius 2 is 2.04 bits per heavy atom. The zero-order valence-electron chi connectivity index (χ0n) is 14.8. The number of nitrogens with zero attached hydrogens (tertiary/aromatic N) is 3. The third kappa shape index (κ3) is 3.35. The van der Waals surface area contributed by atoms with Crippen molar-refractivity contribution in [1.29, 1.82) is 0 Å². The number of piperazine rings is 1. The van der Waals surface area contributed by atoms with Crippen LogP contribution in [0.5, 0.6) is 0 Å². The molecule has 26 heavy (non-hydrogen) atoms. The molecule has 0 saturated carbocycles. The van der Waals surface area contributed by atoms with Crippen LogP contribution in [0.25, 0.3) is 0 Å². The molecule has 0 spiro atoms. The predicted molar refractivity (Wildman–Crippen MR) is 103 cm³/mol. The fourth-order valence-corrected chi connectivity index (χ4v) is 5.97. The van der Waals surface area contributed by atoms with Crippen LogP contribution in [0.2, 0.25) is 0 Å². The average molecular weight is 396 g/mol. The minimum absolute atomic E-state index is 0.0293. The SMILES string of the molecule is CCC[NH+]1CCN(C(=O)c2ccc3c(c2)SC2=NS(=O)(=O)CCN23)CC1. The molecule has 1 aromatic rings. The highest BCUT2D eigenvalue weighted by molar-refractivity contribution is 8.15. The molecule has 3 heterocycles. The van der Waals surface area contributed by atoms with E-state index in [4.69, 9.17) is 0 Å². The Labute approximate surface area is 158 Å². The number of thioether (sulfide) groups is 1. The normalized spacial score (nSPS) is 22.0. The molecular weight excluding hydrogens is 372 g/mol. The van der Waals surface area contributed by atoms with Crippen LogP contribution in [0.4, 0.5) is 5.69 Å². The van der Waals surface area contributed by atoms with Gasteiger partial charge >= 0.3 is 0 Å². The number of benzene rings is 1. The third-order valence-corrected chi connectivity index (χ3v) is 7.39. The molecule has 3 aliphatic rings. The number of hydrogen-bond acceptors (Lipinski definition) is 5. The van der Waals surface area contributed by atoms with Crippen molar-refractivity contribution in [2.24, 2.45) is 4.40 Å². The molecule has 0 bridgehead atoms. The van der Waals surface area contributed by atoms with Crippen LogP contribution in [0.1, 0.15) is 23.7 Å². The van der Waals surface area contributed by atoms with Gasteiger partial charge in [-0.25, -0.2) is 8.42 Å². The number of amidine groups is 1. The summed E-state index contributed by atoms with van der Waals surface area (Å²) in [5.74, 6) is 0.0880. The zero-order valence-corrected chi connectivity index (χ0v) is 16.4. The Bertz CT molecular complexity index is 861. The van der Waals surface area contributed by atoms with Crippen LogP contribution in [-0.2, 0) is 10.0 Å². The number of anilines is 1.